The van der Waals surface area contributed by atoms with Gasteiger partial charge in [-0.3, -0.25) is 9.78 Å². The van der Waals surface area contributed by atoms with Gasteiger partial charge in [-0.2, -0.15) is 0 Å². The third kappa shape index (κ3) is 4.18. The predicted octanol–water partition coefficient (Wildman–Crippen LogP) is 3.17. The molecule has 0 aliphatic heterocycles. The molecule has 2 rings (SSSR count). The monoisotopic (exact) mass is 281 g/mol. The summed E-state index contributed by atoms with van der Waals surface area (Å²) >= 11 is 0. The van der Waals surface area contributed by atoms with E-state index in [1.54, 1.807) is 18.3 Å². The van der Waals surface area contributed by atoms with Gasteiger partial charge in [0.1, 0.15) is 5.69 Å². The Balaban J connectivity index is 2.07. The maximum Gasteiger partial charge on any atom is 0.270 e. The zero-order valence-electron chi connectivity index (χ0n) is 12.0. The van der Waals surface area contributed by atoms with Crippen molar-refractivity contribution in [2.45, 2.75) is 13.0 Å². The molecular formula is C17H19N3O. The molecule has 4 nitrogen and oxygen atoms in total. The van der Waals surface area contributed by atoms with Crippen LogP contribution in [0.15, 0.2) is 61.3 Å². The summed E-state index contributed by atoms with van der Waals surface area (Å²) in [4.78, 5) is 15.9. The molecule has 2 aromatic rings. The van der Waals surface area contributed by atoms with Crippen LogP contribution in [0.25, 0.3) is 0 Å². The van der Waals surface area contributed by atoms with Crippen molar-refractivity contribution in [1.82, 2.24) is 10.3 Å². The van der Waals surface area contributed by atoms with Gasteiger partial charge in [0.05, 0.1) is 0 Å². The van der Waals surface area contributed by atoms with Gasteiger partial charge in [0, 0.05) is 24.5 Å². The first-order valence-corrected chi connectivity index (χ1v) is 6.87. The average Bonchev–Trinajstić information content (AvgIpc) is 2.53. The molecule has 2 N–H and O–H groups in total. The highest BCUT2D eigenvalue weighted by Crippen LogP contribution is 2.18. The standard InChI is InChI=1S/C17H19N3O/c1-3-10-19-17(21)16-12-15(9-11-18-16)20-13(2)14-7-5-4-6-8-14/h3-9,11-13H,1,10H2,2H3,(H,18,20)(H,19,21). The lowest BCUT2D eigenvalue weighted by molar-refractivity contribution is 0.0953. The summed E-state index contributed by atoms with van der Waals surface area (Å²) in [7, 11) is 0. The molecule has 0 fully saturated rings. The Morgan fingerprint density at radius 2 is 2.10 bits per heavy atom. The molecule has 1 amide bonds. The highest BCUT2D eigenvalue weighted by atomic mass is 16.1. The molecule has 4 heteroatoms. The van der Waals surface area contributed by atoms with Crippen LogP contribution >= 0.6 is 0 Å². The first-order chi connectivity index (χ1) is 10.2. The Morgan fingerprint density at radius 3 is 2.81 bits per heavy atom. The lowest BCUT2D eigenvalue weighted by Gasteiger charge is -2.16. The van der Waals surface area contributed by atoms with Gasteiger partial charge in [-0.1, -0.05) is 36.4 Å². The van der Waals surface area contributed by atoms with Gasteiger partial charge in [0.25, 0.3) is 5.91 Å². The van der Waals surface area contributed by atoms with Gasteiger partial charge < -0.3 is 10.6 Å². The van der Waals surface area contributed by atoms with E-state index >= 15 is 0 Å². The second-order valence-electron chi connectivity index (χ2n) is 4.71. The molecular weight excluding hydrogens is 262 g/mol. The van der Waals surface area contributed by atoms with Crippen molar-refractivity contribution in [3.05, 3.63) is 72.6 Å². The maximum absolute atomic E-state index is 11.9. The normalized spacial score (nSPS) is 11.5. The summed E-state index contributed by atoms with van der Waals surface area (Å²) in [6, 6.07) is 13.9. The Morgan fingerprint density at radius 1 is 1.33 bits per heavy atom. The van der Waals surface area contributed by atoms with Crippen molar-refractivity contribution in [2.24, 2.45) is 0 Å². The number of nitrogens with zero attached hydrogens (tertiary/aromatic N) is 1. The first-order valence-electron chi connectivity index (χ1n) is 6.87. The van der Waals surface area contributed by atoms with Crippen LogP contribution < -0.4 is 10.6 Å². The Labute approximate surface area is 124 Å². The van der Waals surface area contributed by atoms with Crippen LogP contribution in [0.5, 0.6) is 0 Å². The topological polar surface area (TPSA) is 54.0 Å². The van der Waals surface area contributed by atoms with Gasteiger partial charge in [-0.25, -0.2) is 0 Å². The highest BCUT2D eigenvalue weighted by molar-refractivity contribution is 5.93. The smallest absolute Gasteiger partial charge is 0.270 e. The molecule has 0 spiro atoms. The van der Waals surface area contributed by atoms with Crippen LogP contribution in [0, 0.1) is 0 Å². The van der Waals surface area contributed by atoms with Crippen molar-refractivity contribution >= 4 is 11.6 Å². The van der Waals surface area contributed by atoms with E-state index in [1.807, 2.05) is 24.3 Å². The number of rotatable bonds is 6. The van der Waals surface area contributed by atoms with Crippen LogP contribution in [0.3, 0.4) is 0 Å². The van der Waals surface area contributed by atoms with Crippen molar-refractivity contribution in [3.63, 3.8) is 0 Å². The van der Waals surface area contributed by atoms with E-state index in [9.17, 15) is 4.79 Å². The molecule has 1 atom stereocenters. The summed E-state index contributed by atoms with van der Waals surface area (Å²) in [5, 5.41) is 6.08. The first kappa shape index (κ1) is 14.8. The number of aromatic nitrogens is 1. The molecule has 1 unspecified atom stereocenters. The van der Waals surface area contributed by atoms with Crippen molar-refractivity contribution < 1.29 is 4.79 Å². The summed E-state index contributed by atoms with van der Waals surface area (Å²) in [5.74, 6) is -0.203. The van der Waals surface area contributed by atoms with Gasteiger partial charge in [-0.05, 0) is 24.6 Å². The summed E-state index contributed by atoms with van der Waals surface area (Å²) in [6.07, 6.45) is 3.26. The molecule has 0 radical (unpaired) electrons. The molecule has 21 heavy (non-hydrogen) atoms. The van der Waals surface area contributed by atoms with E-state index in [1.165, 1.54) is 5.56 Å². The van der Waals surface area contributed by atoms with E-state index < -0.39 is 0 Å². The van der Waals surface area contributed by atoms with E-state index in [2.05, 4.69) is 41.3 Å². The number of carbonyl (C=O) groups excluding carboxylic acids is 1. The third-order valence-corrected chi connectivity index (χ3v) is 3.08. The molecule has 108 valence electrons. The van der Waals surface area contributed by atoms with Crippen LogP contribution in [0.1, 0.15) is 29.0 Å². The van der Waals surface area contributed by atoms with Crippen LogP contribution in [0.2, 0.25) is 0 Å². The molecule has 0 aliphatic rings. The molecule has 1 aromatic carbocycles. The Bertz CT molecular complexity index is 610. The van der Waals surface area contributed by atoms with E-state index in [4.69, 9.17) is 0 Å². The summed E-state index contributed by atoms with van der Waals surface area (Å²) < 4.78 is 0. The number of hydrogen-bond acceptors (Lipinski definition) is 3. The average molecular weight is 281 g/mol. The minimum absolute atomic E-state index is 0.151. The van der Waals surface area contributed by atoms with E-state index in [0.29, 0.717) is 12.2 Å². The number of carbonyl (C=O) groups is 1. The summed E-state index contributed by atoms with van der Waals surface area (Å²) in [6.45, 7) is 6.08. The summed E-state index contributed by atoms with van der Waals surface area (Å²) in [5.41, 5.74) is 2.44. The number of pyridine rings is 1. The SMILES string of the molecule is C=CCNC(=O)c1cc(NC(C)c2ccccc2)ccn1. The quantitative estimate of drug-likeness (QED) is 0.800. The number of amides is 1. The number of nitrogens with one attached hydrogen (secondary N) is 2. The van der Waals surface area contributed by atoms with Crippen LogP contribution in [0.4, 0.5) is 5.69 Å². The second kappa shape index (κ2) is 7.24. The molecule has 1 aromatic heterocycles. The van der Waals surface area contributed by atoms with Gasteiger partial charge in [0.15, 0.2) is 0 Å². The zero-order valence-corrected chi connectivity index (χ0v) is 12.0. The second-order valence-corrected chi connectivity index (χ2v) is 4.71. The molecule has 0 saturated carbocycles. The largest absolute Gasteiger partial charge is 0.378 e. The number of hydrogen-bond donors (Lipinski definition) is 2. The Hall–Kier alpha value is -2.62. The van der Waals surface area contributed by atoms with Crippen molar-refractivity contribution in [2.75, 3.05) is 11.9 Å². The van der Waals surface area contributed by atoms with Crippen LogP contribution in [-0.4, -0.2) is 17.4 Å². The fraction of sp³-hybridized carbons (Fsp3) is 0.176. The van der Waals surface area contributed by atoms with Gasteiger partial charge in [0.2, 0.25) is 0 Å². The number of benzene rings is 1. The van der Waals surface area contributed by atoms with Crippen LogP contribution in [-0.2, 0) is 0 Å². The lowest BCUT2D eigenvalue weighted by atomic mass is 10.1. The fourth-order valence-corrected chi connectivity index (χ4v) is 1.97. The third-order valence-electron chi connectivity index (χ3n) is 3.08. The molecule has 0 aliphatic carbocycles. The number of anilines is 1. The van der Waals surface area contributed by atoms with Gasteiger partial charge in [-0.15, -0.1) is 6.58 Å². The molecule has 1 heterocycles. The van der Waals surface area contributed by atoms with Crippen molar-refractivity contribution in [1.29, 1.82) is 0 Å². The maximum atomic E-state index is 11.9. The minimum Gasteiger partial charge on any atom is -0.378 e. The highest BCUT2D eigenvalue weighted by Gasteiger charge is 2.09. The predicted molar refractivity (Wildman–Crippen MR) is 85.2 cm³/mol. The van der Waals surface area contributed by atoms with E-state index in [-0.39, 0.29) is 11.9 Å². The molecule has 0 bridgehead atoms. The van der Waals surface area contributed by atoms with E-state index in [0.717, 1.165) is 5.69 Å². The van der Waals surface area contributed by atoms with Gasteiger partial charge >= 0.3 is 0 Å². The fourth-order valence-electron chi connectivity index (χ4n) is 1.97. The molecule has 0 saturated heterocycles. The Kier molecular flexibility index (Phi) is 5.10. The van der Waals surface area contributed by atoms with Crippen molar-refractivity contribution in [3.8, 4) is 0 Å². The minimum atomic E-state index is -0.203. The lowest BCUT2D eigenvalue weighted by Crippen LogP contribution is -2.24. The zero-order chi connectivity index (χ0) is 15.1.